The van der Waals surface area contributed by atoms with E-state index in [1.807, 2.05) is 30.5 Å². The molecule has 0 aliphatic carbocycles. The number of aromatic amines is 1. The van der Waals surface area contributed by atoms with Crippen LogP contribution in [-0.2, 0) is 0 Å². The molecule has 0 spiro atoms. The van der Waals surface area contributed by atoms with Crippen LogP contribution in [0.15, 0.2) is 48.7 Å². The fourth-order valence-electron chi connectivity index (χ4n) is 3.73. The molecule has 31 heavy (non-hydrogen) atoms. The number of aromatic nitrogens is 3. The molecule has 5 rings (SSSR count). The lowest BCUT2D eigenvalue weighted by molar-refractivity contribution is 0.100. The van der Waals surface area contributed by atoms with Crippen LogP contribution in [0.25, 0.3) is 21.6 Å². The number of likely N-dealkylation sites (N-methyl/N-ethyl adjacent to an activating group) is 1. The molecule has 158 valence electrons. The highest BCUT2D eigenvalue weighted by Crippen LogP contribution is 2.33. The summed E-state index contributed by atoms with van der Waals surface area (Å²) in [6.07, 6.45) is 1.83. The number of carbonyl (C=O) groups excluding carboxylic acids is 1. The fraction of sp³-hybridized carbons (Fsp3) is 0.227. The number of fused-ring (bicyclic) bond motifs is 1. The number of primary amides is 1. The SMILES string of the molecule is CN1CCN(c2ccc(Nc3nc(-c4ccc(C(N)=O)s4)c4cc[nH]c4n3)cc2)CC1. The number of anilines is 3. The van der Waals surface area contributed by atoms with Gasteiger partial charge in [0.1, 0.15) is 5.65 Å². The standard InChI is InChI=1S/C22H23N7OS/c1-28-10-12-29(13-11-28)15-4-2-14(3-5-15)25-22-26-19(16-8-9-24-21(16)27-22)17-6-7-18(31-17)20(23)30/h2-9H,10-13H2,1H3,(H2,23,30)(H2,24,25,26,27). The Balaban J connectivity index is 1.41. The molecule has 0 radical (unpaired) electrons. The molecule has 1 aliphatic rings. The van der Waals surface area contributed by atoms with Crippen LogP contribution in [-0.4, -0.2) is 59.0 Å². The number of nitrogens with zero attached hydrogens (tertiary/aromatic N) is 4. The first-order valence-electron chi connectivity index (χ1n) is 10.1. The molecule has 0 saturated carbocycles. The second-order valence-corrected chi connectivity index (χ2v) is 8.71. The van der Waals surface area contributed by atoms with Crippen molar-refractivity contribution in [1.29, 1.82) is 0 Å². The van der Waals surface area contributed by atoms with Crippen LogP contribution in [0.2, 0.25) is 0 Å². The van der Waals surface area contributed by atoms with E-state index < -0.39 is 5.91 Å². The first-order valence-corrected chi connectivity index (χ1v) is 10.9. The van der Waals surface area contributed by atoms with E-state index in [2.05, 4.69) is 44.3 Å². The number of carbonyl (C=O) groups is 1. The number of amides is 1. The van der Waals surface area contributed by atoms with Crippen molar-refractivity contribution in [3.05, 3.63) is 53.5 Å². The number of thiophene rings is 1. The second kappa shape index (κ2) is 8.01. The lowest BCUT2D eigenvalue weighted by Gasteiger charge is -2.34. The third-order valence-electron chi connectivity index (χ3n) is 5.49. The van der Waals surface area contributed by atoms with Crippen LogP contribution in [0.5, 0.6) is 0 Å². The maximum atomic E-state index is 11.5. The van der Waals surface area contributed by atoms with Gasteiger partial charge in [-0.2, -0.15) is 4.98 Å². The minimum Gasteiger partial charge on any atom is -0.369 e. The summed E-state index contributed by atoms with van der Waals surface area (Å²) in [6, 6.07) is 13.9. The molecule has 3 aromatic heterocycles. The Morgan fingerprint density at radius 2 is 1.84 bits per heavy atom. The zero-order valence-corrected chi connectivity index (χ0v) is 17.9. The summed E-state index contributed by atoms with van der Waals surface area (Å²) >= 11 is 1.33. The van der Waals surface area contributed by atoms with Crippen LogP contribution in [0.3, 0.4) is 0 Å². The number of nitrogens with one attached hydrogen (secondary N) is 2. The molecule has 1 fully saturated rings. The smallest absolute Gasteiger partial charge is 0.258 e. The normalized spacial score (nSPS) is 14.8. The quantitative estimate of drug-likeness (QED) is 0.446. The van der Waals surface area contributed by atoms with Gasteiger partial charge < -0.3 is 25.8 Å². The third kappa shape index (κ3) is 3.97. The van der Waals surface area contributed by atoms with Crippen molar-refractivity contribution in [3.8, 4) is 10.6 Å². The van der Waals surface area contributed by atoms with Gasteiger partial charge in [-0.3, -0.25) is 4.79 Å². The van der Waals surface area contributed by atoms with Gasteiger partial charge >= 0.3 is 0 Å². The lowest BCUT2D eigenvalue weighted by atomic mass is 10.2. The highest BCUT2D eigenvalue weighted by Gasteiger charge is 2.16. The fourth-order valence-corrected chi connectivity index (χ4v) is 4.59. The largest absolute Gasteiger partial charge is 0.369 e. The Morgan fingerprint density at radius 3 is 2.55 bits per heavy atom. The summed E-state index contributed by atoms with van der Waals surface area (Å²) in [5.41, 5.74) is 9.05. The molecule has 0 atom stereocenters. The Kier molecular flexibility index (Phi) is 5.05. The van der Waals surface area contributed by atoms with Crippen LogP contribution < -0.4 is 16.0 Å². The van der Waals surface area contributed by atoms with E-state index in [4.69, 9.17) is 10.7 Å². The molecule has 1 amide bonds. The lowest BCUT2D eigenvalue weighted by Crippen LogP contribution is -2.44. The van der Waals surface area contributed by atoms with Gasteiger partial charge in [0.15, 0.2) is 0 Å². The monoisotopic (exact) mass is 433 g/mol. The van der Waals surface area contributed by atoms with Crippen LogP contribution in [0.4, 0.5) is 17.3 Å². The Hall–Kier alpha value is -3.43. The maximum absolute atomic E-state index is 11.5. The molecule has 0 unspecified atom stereocenters. The Morgan fingerprint density at radius 1 is 1.06 bits per heavy atom. The predicted octanol–water partition coefficient (Wildman–Crippen LogP) is 3.28. The first kappa shape index (κ1) is 19.5. The average molecular weight is 434 g/mol. The molecule has 4 aromatic rings. The third-order valence-corrected chi connectivity index (χ3v) is 6.60. The first-order chi connectivity index (χ1) is 15.1. The van der Waals surface area contributed by atoms with Crippen molar-refractivity contribution < 1.29 is 4.79 Å². The number of benzene rings is 1. The van der Waals surface area contributed by atoms with Gasteiger partial charge in [0.25, 0.3) is 5.91 Å². The van der Waals surface area contributed by atoms with Crippen LogP contribution in [0, 0.1) is 0 Å². The maximum Gasteiger partial charge on any atom is 0.258 e. The zero-order chi connectivity index (χ0) is 21.4. The molecule has 1 aliphatic heterocycles. The van der Waals surface area contributed by atoms with Gasteiger partial charge in [0.2, 0.25) is 5.95 Å². The van der Waals surface area contributed by atoms with Gasteiger partial charge in [-0.15, -0.1) is 11.3 Å². The summed E-state index contributed by atoms with van der Waals surface area (Å²) < 4.78 is 0. The number of hydrogen-bond acceptors (Lipinski definition) is 7. The summed E-state index contributed by atoms with van der Waals surface area (Å²) in [5.74, 6) is 0.0562. The molecule has 4 N–H and O–H groups in total. The topological polar surface area (TPSA) is 103 Å². The van der Waals surface area contributed by atoms with Crippen molar-refractivity contribution in [2.45, 2.75) is 0 Å². The predicted molar refractivity (Wildman–Crippen MR) is 125 cm³/mol. The highest BCUT2D eigenvalue weighted by molar-refractivity contribution is 7.17. The molecular weight excluding hydrogens is 410 g/mol. The van der Waals surface area contributed by atoms with E-state index in [-0.39, 0.29) is 0 Å². The van der Waals surface area contributed by atoms with Crippen molar-refractivity contribution >= 4 is 45.6 Å². The molecule has 1 saturated heterocycles. The van der Waals surface area contributed by atoms with Crippen molar-refractivity contribution in [1.82, 2.24) is 19.9 Å². The van der Waals surface area contributed by atoms with Gasteiger partial charge in [-0.05, 0) is 49.5 Å². The minimum atomic E-state index is -0.436. The summed E-state index contributed by atoms with van der Waals surface area (Å²) in [6.45, 7) is 4.22. The number of piperazine rings is 1. The van der Waals surface area contributed by atoms with Crippen molar-refractivity contribution in [2.24, 2.45) is 5.73 Å². The van der Waals surface area contributed by atoms with E-state index in [9.17, 15) is 4.79 Å². The molecule has 0 bridgehead atoms. The second-order valence-electron chi connectivity index (χ2n) is 7.63. The van der Waals surface area contributed by atoms with E-state index in [1.54, 1.807) is 6.07 Å². The van der Waals surface area contributed by atoms with Crippen molar-refractivity contribution in [2.75, 3.05) is 43.4 Å². The molecule has 4 heterocycles. The van der Waals surface area contributed by atoms with Gasteiger partial charge in [-0.1, -0.05) is 0 Å². The average Bonchev–Trinajstić information content (AvgIpc) is 3.44. The van der Waals surface area contributed by atoms with Gasteiger partial charge in [0, 0.05) is 49.1 Å². The van der Waals surface area contributed by atoms with Crippen LogP contribution >= 0.6 is 11.3 Å². The number of H-pyrrole nitrogens is 1. The van der Waals surface area contributed by atoms with Crippen molar-refractivity contribution in [3.63, 3.8) is 0 Å². The van der Waals surface area contributed by atoms with Gasteiger partial charge in [0.05, 0.1) is 15.4 Å². The Labute approximate surface area is 183 Å². The number of nitrogens with two attached hydrogens (primary N) is 1. The minimum absolute atomic E-state index is 0.436. The molecule has 1 aromatic carbocycles. The summed E-state index contributed by atoms with van der Waals surface area (Å²) in [7, 11) is 2.16. The van der Waals surface area contributed by atoms with E-state index in [1.165, 1.54) is 17.0 Å². The van der Waals surface area contributed by atoms with Crippen LogP contribution in [0.1, 0.15) is 9.67 Å². The molecule has 8 nitrogen and oxygen atoms in total. The van der Waals surface area contributed by atoms with E-state index in [0.29, 0.717) is 10.8 Å². The summed E-state index contributed by atoms with van der Waals surface area (Å²) in [4.78, 5) is 30.1. The van der Waals surface area contributed by atoms with E-state index >= 15 is 0 Å². The summed E-state index contributed by atoms with van der Waals surface area (Å²) in [5, 5.41) is 4.20. The molecule has 9 heteroatoms. The highest BCUT2D eigenvalue weighted by atomic mass is 32.1. The zero-order valence-electron chi connectivity index (χ0n) is 17.1. The number of rotatable bonds is 5. The number of hydrogen-bond donors (Lipinski definition) is 3. The molecular formula is C22H23N7OS. The Bertz CT molecular complexity index is 1220. The van der Waals surface area contributed by atoms with E-state index in [0.717, 1.165) is 53.5 Å². The van der Waals surface area contributed by atoms with Gasteiger partial charge in [-0.25, -0.2) is 4.98 Å².